The van der Waals surface area contributed by atoms with Gasteiger partial charge >= 0.3 is 0 Å². The highest BCUT2D eigenvalue weighted by atomic mass is 32.1. The molecule has 3 nitrogen and oxygen atoms in total. The third-order valence-electron chi connectivity index (χ3n) is 1.12. The van der Waals surface area contributed by atoms with Crippen LogP contribution in [0.3, 0.4) is 0 Å². The van der Waals surface area contributed by atoms with E-state index >= 15 is 0 Å². The first-order chi connectivity index (χ1) is 5.72. The lowest BCUT2D eigenvalue weighted by molar-refractivity contribution is 0.509. The molecule has 0 atom stereocenters. The van der Waals surface area contributed by atoms with E-state index in [2.05, 4.69) is 10.6 Å². The summed E-state index contributed by atoms with van der Waals surface area (Å²) in [4.78, 5) is 1.80. The van der Waals surface area contributed by atoms with E-state index in [9.17, 15) is 0 Å². The number of hydrogen-bond acceptors (Lipinski definition) is 2. The van der Waals surface area contributed by atoms with Gasteiger partial charge in [0.1, 0.15) is 0 Å². The molecule has 0 aliphatic heterocycles. The predicted molar refractivity (Wildman–Crippen MR) is 64.9 cm³/mol. The van der Waals surface area contributed by atoms with Gasteiger partial charge in [-0.15, -0.1) is 0 Å². The normalized spacial score (nSPS) is 10.5. The van der Waals surface area contributed by atoms with E-state index in [-0.39, 0.29) is 5.54 Å². The molecule has 0 aromatic rings. The molecule has 0 aromatic heterocycles. The standard InChI is InChI=1S/C8H17N3S2/c1-8(2,3)10-6(12)9-7(13)11(4)5/h1-5H3,(H2,9,10,12,13). The molecular formula is C8H17N3S2. The van der Waals surface area contributed by atoms with Crippen molar-refractivity contribution in [2.75, 3.05) is 14.1 Å². The van der Waals surface area contributed by atoms with Gasteiger partial charge in [0.05, 0.1) is 0 Å². The zero-order valence-corrected chi connectivity index (χ0v) is 10.4. The maximum absolute atomic E-state index is 5.06. The second kappa shape index (κ2) is 4.72. The molecule has 0 saturated heterocycles. The van der Waals surface area contributed by atoms with Gasteiger partial charge in [-0.25, -0.2) is 0 Å². The average Bonchev–Trinajstić information content (AvgIpc) is 1.81. The Hall–Kier alpha value is -0.420. The first kappa shape index (κ1) is 12.6. The van der Waals surface area contributed by atoms with Crippen LogP contribution in [0.1, 0.15) is 20.8 Å². The van der Waals surface area contributed by atoms with Crippen molar-refractivity contribution in [3.8, 4) is 0 Å². The molecule has 0 heterocycles. The van der Waals surface area contributed by atoms with Crippen LogP contribution in [-0.2, 0) is 0 Å². The Labute approximate surface area is 90.9 Å². The zero-order valence-electron chi connectivity index (χ0n) is 8.76. The molecule has 0 amide bonds. The SMILES string of the molecule is CN(C)C(=S)NC(=S)NC(C)(C)C. The van der Waals surface area contributed by atoms with E-state index in [1.807, 2.05) is 34.9 Å². The van der Waals surface area contributed by atoms with Gasteiger partial charge in [-0.2, -0.15) is 0 Å². The van der Waals surface area contributed by atoms with Gasteiger partial charge in [-0.05, 0) is 45.2 Å². The topological polar surface area (TPSA) is 27.3 Å². The van der Waals surface area contributed by atoms with Crippen LogP contribution in [0.5, 0.6) is 0 Å². The molecule has 0 radical (unpaired) electrons. The molecule has 2 N–H and O–H groups in total. The Bertz CT molecular complexity index is 206. The van der Waals surface area contributed by atoms with Gasteiger partial charge < -0.3 is 15.5 Å². The van der Waals surface area contributed by atoms with Crippen LogP contribution in [-0.4, -0.2) is 34.8 Å². The molecule has 0 aliphatic carbocycles. The van der Waals surface area contributed by atoms with Crippen molar-refractivity contribution in [1.29, 1.82) is 0 Å². The molecule has 13 heavy (non-hydrogen) atoms. The summed E-state index contributed by atoms with van der Waals surface area (Å²) in [5, 5.41) is 7.20. The van der Waals surface area contributed by atoms with Crippen molar-refractivity contribution < 1.29 is 0 Å². The molecule has 0 bridgehead atoms. The maximum atomic E-state index is 5.06. The lowest BCUT2D eigenvalue weighted by atomic mass is 10.1. The van der Waals surface area contributed by atoms with E-state index in [4.69, 9.17) is 24.4 Å². The summed E-state index contributed by atoms with van der Waals surface area (Å²) in [6.45, 7) is 6.12. The quantitative estimate of drug-likeness (QED) is 0.595. The maximum Gasteiger partial charge on any atom is 0.174 e. The monoisotopic (exact) mass is 219 g/mol. The van der Waals surface area contributed by atoms with Crippen molar-refractivity contribution in [3.63, 3.8) is 0 Å². The fourth-order valence-corrected chi connectivity index (χ4v) is 1.15. The number of rotatable bonds is 0. The van der Waals surface area contributed by atoms with Crippen LogP contribution in [0.2, 0.25) is 0 Å². The Morgan fingerprint density at radius 1 is 1.15 bits per heavy atom. The predicted octanol–water partition coefficient (Wildman–Crippen LogP) is 1.10. The van der Waals surface area contributed by atoms with Gasteiger partial charge in [0, 0.05) is 19.6 Å². The Kier molecular flexibility index (Phi) is 4.56. The molecule has 0 aromatic carbocycles. The Morgan fingerprint density at radius 3 is 1.92 bits per heavy atom. The van der Waals surface area contributed by atoms with Crippen LogP contribution in [0.4, 0.5) is 0 Å². The number of nitrogens with zero attached hydrogens (tertiary/aromatic N) is 1. The molecule has 0 saturated carbocycles. The summed E-state index contributed by atoms with van der Waals surface area (Å²) in [7, 11) is 3.74. The molecule has 0 rings (SSSR count). The van der Waals surface area contributed by atoms with Crippen LogP contribution < -0.4 is 10.6 Å². The number of nitrogens with one attached hydrogen (secondary N) is 2. The summed E-state index contributed by atoms with van der Waals surface area (Å²) >= 11 is 10.1. The van der Waals surface area contributed by atoms with E-state index < -0.39 is 0 Å². The van der Waals surface area contributed by atoms with Crippen LogP contribution in [0.15, 0.2) is 0 Å². The van der Waals surface area contributed by atoms with Crippen LogP contribution in [0, 0.1) is 0 Å². The molecule has 0 unspecified atom stereocenters. The minimum atomic E-state index is -0.0357. The minimum Gasteiger partial charge on any atom is -0.358 e. The highest BCUT2D eigenvalue weighted by Crippen LogP contribution is 1.97. The summed E-state index contributed by atoms with van der Waals surface area (Å²) in [6.07, 6.45) is 0. The van der Waals surface area contributed by atoms with Gasteiger partial charge in [0.25, 0.3) is 0 Å². The fraction of sp³-hybridized carbons (Fsp3) is 0.750. The van der Waals surface area contributed by atoms with E-state index in [0.29, 0.717) is 10.2 Å². The molecule has 0 aliphatic rings. The zero-order chi connectivity index (χ0) is 10.6. The fourth-order valence-electron chi connectivity index (χ4n) is 0.581. The Balaban J connectivity index is 3.96. The third-order valence-corrected chi connectivity index (χ3v) is 1.79. The average molecular weight is 219 g/mol. The largest absolute Gasteiger partial charge is 0.358 e. The van der Waals surface area contributed by atoms with Crippen molar-refractivity contribution in [3.05, 3.63) is 0 Å². The smallest absolute Gasteiger partial charge is 0.174 e. The van der Waals surface area contributed by atoms with E-state index in [0.717, 1.165) is 0 Å². The molecule has 5 heteroatoms. The van der Waals surface area contributed by atoms with Crippen LogP contribution in [0.25, 0.3) is 0 Å². The Morgan fingerprint density at radius 2 is 1.62 bits per heavy atom. The van der Waals surface area contributed by atoms with Gasteiger partial charge in [0.15, 0.2) is 10.2 Å². The second-order valence-electron chi connectivity index (χ2n) is 4.03. The highest BCUT2D eigenvalue weighted by molar-refractivity contribution is 7.81. The van der Waals surface area contributed by atoms with Gasteiger partial charge in [-0.3, -0.25) is 0 Å². The second-order valence-corrected chi connectivity index (χ2v) is 4.82. The summed E-state index contributed by atoms with van der Waals surface area (Å²) in [5.74, 6) is 0. The molecule has 0 fully saturated rings. The lowest BCUT2D eigenvalue weighted by Gasteiger charge is -2.24. The first-order valence-corrected chi connectivity index (χ1v) is 4.84. The lowest BCUT2D eigenvalue weighted by Crippen LogP contribution is -2.50. The minimum absolute atomic E-state index is 0.0357. The molecule has 76 valence electrons. The summed E-state index contributed by atoms with van der Waals surface area (Å²) < 4.78 is 0. The van der Waals surface area contributed by atoms with E-state index in [1.54, 1.807) is 4.90 Å². The van der Waals surface area contributed by atoms with Crippen molar-refractivity contribution in [2.45, 2.75) is 26.3 Å². The highest BCUT2D eigenvalue weighted by Gasteiger charge is 2.11. The van der Waals surface area contributed by atoms with Crippen molar-refractivity contribution in [1.82, 2.24) is 15.5 Å². The van der Waals surface area contributed by atoms with Gasteiger partial charge in [-0.1, -0.05) is 0 Å². The number of hydrogen-bond donors (Lipinski definition) is 2. The van der Waals surface area contributed by atoms with Crippen molar-refractivity contribution in [2.24, 2.45) is 0 Å². The van der Waals surface area contributed by atoms with Crippen LogP contribution >= 0.6 is 24.4 Å². The van der Waals surface area contributed by atoms with Gasteiger partial charge in [0.2, 0.25) is 0 Å². The summed E-state index contributed by atoms with van der Waals surface area (Å²) in [6, 6.07) is 0. The third kappa shape index (κ3) is 6.72. The number of thiocarbonyl (C=S) groups is 2. The first-order valence-electron chi connectivity index (χ1n) is 4.03. The summed E-state index contributed by atoms with van der Waals surface area (Å²) in [5.41, 5.74) is -0.0357. The van der Waals surface area contributed by atoms with Crippen molar-refractivity contribution >= 4 is 34.7 Å². The molecular weight excluding hydrogens is 202 g/mol. The van der Waals surface area contributed by atoms with E-state index in [1.165, 1.54) is 0 Å². The molecule has 0 spiro atoms.